The zero-order chi connectivity index (χ0) is 18.2. The van der Waals surface area contributed by atoms with Crippen molar-refractivity contribution >= 4 is 5.91 Å². The van der Waals surface area contributed by atoms with Crippen LogP contribution in [0.3, 0.4) is 0 Å². The molecule has 1 atom stereocenters. The van der Waals surface area contributed by atoms with Crippen molar-refractivity contribution < 1.29 is 14.3 Å². The number of hydrogen-bond acceptors (Lipinski definition) is 3. The molecule has 0 unspecified atom stereocenters. The van der Waals surface area contributed by atoms with Gasteiger partial charge in [0.25, 0.3) is 5.91 Å². The van der Waals surface area contributed by atoms with Crippen molar-refractivity contribution in [2.75, 3.05) is 13.2 Å². The smallest absolute Gasteiger partial charge is 0.261 e. The van der Waals surface area contributed by atoms with Crippen molar-refractivity contribution in [1.82, 2.24) is 5.32 Å². The van der Waals surface area contributed by atoms with E-state index in [1.807, 2.05) is 57.2 Å². The van der Waals surface area contributed by atoms with Crippen molar-refractivity contribution in [3.05, 3.63) is 59.2 Å². The van der Waals surface area contributed by atoms with E-state index >= 15 is 0 Å². The maximum absolute atomic E-state index is 12.3. The molecule has 2 rings (SSSR count). The second-order valence-corrected chi connectivity index (χ2v) is 6.12. The minimum Gasteiger partial charge on any atom is -0.491 e. The molecule has 1 amide bonds. The maximum Gasteiger partial charge on any atom is 0.261 e. The van der Waals surface area contributed by atoms with Crippen LogP contribution in [0.15, 0.2) is 42.5 Å². The fourth-order valence-electron chi connectivity index (χ4n) is 2.49. The lowest BCUT2D eigenvalue weighted by Crippen LogP contribution is -2.39. The van der Waals surface area contributed by atoms with Crippen LogP contribution in [0.5, 0.6) is 11.5 Å². The van der Waals surface area contributed by atoms with Crippen LogP contribution in [0.1, 0.15) is 30.0 Å². The van der Waals surface area contributed by atoms with Crippen molar-refractivity contribution in [3.8, 4) is 11.5 Å². The van der Waals surface area contributed by atoms with Gasteiger partial charge in [-0.2, -0.15) is 0 Å². The molecule has 0 spiro atoms. The van der Waals surface area contributed by atoms with Crippen LogP contribution in [0.25, 0.3) is 0 Å². The Labute approximate surface area is 150 Å². The Kier molecular flexibility index (Phi) is 6.87. The van der Waals surface area contributed by atoms with E-state index in [1.165, 1.54) is 5.56 Å². The highest BCUT2D eigenvalue weighted by molar-refractivity contribution is 5.81. The first kappa shape index (κ1) is 18.8. The van der Waals surface area contributed by atoms with E-state index < -0.39 is 6.10 Å². The number of carbonyl (C=O) groups excluding carboxylic acids is 1. The fourth-order valence-corrected chi connectivity index (χ4v) is 2.49. The number of nitrogens with one attached hydrogen (secondary N) is 1. The number of hydrogen-bond donors (Lipinski definition) is 1. The topological polar surface area (TPSA) is 47.6 Å². The number of carbonyl (C=O) groups is 1. The van der Waals surface area contributed by atoms with E-state index in [0.29, 0.717) is 19.6 Å². The largest absolute Gasteiger partial charge is 0.491 e. The quantitative estimate of drug-likeness (QED) is 0.739. The summed E-state index contributed by atoms with van der Waals surface area (Å²) in [5.74, 6) is 1.49. The molecule has 0 aromatic heterocycles. The highest BCUT2D eigenvalue weighted by Gasteiger charge is 2.18. The summed E-state index contributed by atoms with van der Waals surface area (Å²) < 4.78 is 11.6. The molecule has 0 aliphatic carbocycles. The molecule has 0 saturated carbocycles. The monoisotopic (exact) mass is 341 g/mol. The molecule has 0 bridgehead atoms. The second-order valence-electron chi connectivity index (χ2n) is 6.12. The summed E-state index contributed by atoms with van der Waals surface area (Å²) in [4.78, 5) is 12.3. The molecule has 0 saturated heterocycles. The van der Waals surface area contributed by atoms with Crippen LogP contribution < -0.4 is 14.8 Å². The van der Waals surface area contributed by atoms with Crippen molar-refractivity contribution in [3.63, 3.8) is 0 Å². The predicted octanol–water partition coefficient (Wildman–Crippen LogP) is 3.96. The molecule has 134 valence electrons. The highest BCUT2D eigenvalue weighted by Crippen LogP contribution is 2.20. The zero-order valence-electron chi connectivity index (χ0n) is 15.5. The van der Waals surface area contributed by atoms with Crippen LogP contribution >= 0.6 is 0 Å². The van der Waals surface area contributed by atoms with Gasteiger partial charge in [-0.05, 0) is 56.0 Å². The fraction of sp³-hybridized carbons (Fsp3) is 0.381. The van der Waals surface area contributed by atoms with Crippen LogP contribution in [-0.2, 0) is 4.79 Å². The number of aryl methyl sites for hydroxylation is 2. The SMILES string of the molecule is CC[C@H](Oc1ccccc1C)C(=O)NCCOc1cccc(C)c1C. The van der Waals surface area contributed by atoms with Gasteiger partial charge in [-0.25, -0.2) is 0 Å². The second kappa shape index (κ2) is 9.11. The van der Waals surface area contributed by atoms with Gasteiger partial charge in [0.15, 0.2) is 6.10 Å². The van der Waals surface area contributed by atoms with Crippen LogP contribution in [0, 0.1) is 20.8 Å². The summed E-state index contributed by atoms with van der Waals surface area (Å²) in [6.07, 6.45) is 0.111. The van der Waals surface area contributed by atoms with Gasteiger partial charge >= 0.3 is 0 Å². The molecular formula is C21H27NO3. The molecule has 0 heterocycles. The number of para-hydroxylation sites is 1. The summed E-state index contributed by atoms with van der Waals surface area (Å²) in [6.45, 7) is 8.87. The average molecular weight is 341 g/mol. The van der Waals surface area contributed by atoms with E-state index in [1.54, 1.807) is 0 Å². The Morgan fingerprint density at radius 3 is 2.40 bits per heavy atom. The van der Waals surface area contributed by atoms with Gasteiger partial charge in [-0.15, -0.1) is 0 Å². The number of rotatable bonds is 8. The van der Waals surface area contributed by atoms with Gasteiger partial charge in [-0.3, -0.25) is 4.79 Å². The zero-order valence-corrected chi connectivity index (χ0v) is 15.5. The molecule has 0 aliphatic rings. The van der Waals surface area contributed by atoms with Gasteiger partial charge in [0.2, 0.25) is 0 Å². The molecule has 4 nitrogen and oxygen atoms in total. The Balaban J connectivity index is 1.82. The average Bonchev–Trinajstić information content (AvgIpc) is 2.61. The lowest BCUT2D eigenvalue weighted by molar-refractivity contribution is -0.128. The molecule has 0 aliphatic heterocycles. The molecule has 25 heavy (non-hydrogen) atoms. The third kappa shape index (κ3) is 5.24. The highest BCUT2D eigenvalue weighted by atomic mass is 16.5. The minimum absolute atomic E-state index is 0.115. The number of ether oxygens (including phenoxy) is 2. The standard InChI is InChI=1S/C21H27NO3/c1-5-18(25-19-11-7-6-9-16(19)3)21(23)22-13-14-24-20-12-8-10-15(2)17(20)4/h6-12,18H,5,13-14H2,1-4H3,(H,22,23)/t18-/m0/s1. The van der Waals surface area contributed by atoms with Gasteiger partial charge in [-0.1, -0.05) is 37.3 Å². The lowest BCUT2D eigenvalue weighted by atomic mass is 10.1. The first-order chi connectivity index (χ1) is 12.0. The number of benzene rings is 2. The summed E-state index contributed by atoms with van der Waals surface area (Å²) in [5, 5.41) is 2.89. The van der Waals surface area contributed by atoms with E-state index in [0.717, 1.165) is 22.6 Å². The van der Waals surface area contributed by atoms with Gasteiger partial charge < -0.3 is 14.8 Å². The van der Waals surface area contributed by atoms with E-state index in [-0.39, 0.29) is 5.91 Å². The Bertz CT molecular complexity index is 712. The summed E-state index contributed by atoms with van der Waals surface area (Å²) in [7, 11) is 0. The third-order valence-electron chi connectivity index (χ3n) is 4.24. The van der Waals surface area contributed by atoms with E-state index in [9.17, 15) is 4.79 Å². The third-order valence-corrected chi connectivity index (χ3v) is 4.24. The molecule has 0 radical (unpaired) electrons. The van der Waals surface area contributed by atoms with Crippen LogP contribution in [0.4, 0.5) is 0 Å². The summed E-state index contributed by atoms with van der Waals surface area (Å²) in [6, 6.07) is 13.7. The normalized spacial score (nSPS) is 11.7. The van der Waals surface area contributed by atoms with E-state index in [4.69, 9.17) is 9.47 Å². The maximum atomic E-state index is 12.3. The lowest BCUT2D eigenvalue weighted by Gasteiger charge is -2.18. The van der Waals surface area contributed by atoms with Gasteiger partial charge in [0.05, 0.1) is 6.54 Å². The van der Waals surface area contributed by atoms with Gasteiger partial charge in [0, 0.05) is 0 Å². The molecule has 2 aromatic carbocycles. The predicted molar refractivity (Wildman–Crippen MR) is 100 cm³/mol. The molecule has 0 fully saturated rings. The van der Waals surface area contributed by atoms with Crippen LogP contribution in [0.2, 0.25) is 0 Å². The molecule has 4 heteroatoms. The van der Waals surface area contributed by atoms with Crippen molar-refractivity contribution in [2.45, 2.75) is 40.2 Å². The minimum atomic E-state index is -0.498. The Hall–Kier alpha value is -2.49. The Morgan fingerprint density at radius 1 is 1.00 bits per heavy atom. The van der Waals surface area contributed by atoms with Crippen molar-refractivity contribution in [2.24, 2.45) is 0 Å². The molecular weight excluding hydrogens is 314 g/mol. The first-order valence-electron chi connectivity index (χ1n) is 8.72. The van der Waals surface area contributed by atoms with Crippen LogP contribution in [-0.4, -0.2) is 25.2 Å². The summed E-state index contributed by atoms with van der Waals surface area (Å²) >= 11 is 0. The van der Waals surface area contributed by atoms with E-state index in [2.05, 4.69) is 18.3 Å². The first-order valence-corrected chi connectivity index (χ1v) is 8.72. The molecule has 1 N–H and O–H groups in total. The molecule has 2 aromatic rings. The summed E-state index contributed by atoms with van der Waals surface area (Å²) in [5.41, 5.74) is 3.34. The Morgan fingerprint density at radius 2 is 1.68 bits per heavy atom. The number of amides is 1. The van der Waals surface area contributed by atoms with Crippen molar-refractivity contribution in [1.29, 1.82) is 0 Å². The van der Waals surface area contributed by atoms with Gasteiger partial charge in [0.1, 0.15) is 18.1 Å².